The van der Waals surface area contributed by atoms with Gasteiger partial charge in [-0.1, -0.05) is 30.3 Å². The molecule has 11 nitrogen and oxygen atoms in total. The summed E-state index contributed by atoms with van der Waals surface area (Å²) in [5.41, 5.74) is 3.65. The van der Waals surface area contributed by atoms with Crippen molar-refractivity contribution in [1.82, 2.24) is 23.4 Å². The van der Waals surface area contributed by atoms with Crippen molar-refractivity contribution in [3.05, 3.63) is 70.5 Å². The first-order valence-corrected chi connectivity index (χ1v) is 14.8. The van der Waals surface area contributed by atoms with Crippen molar-refractivity contribution in [2.24, 2.45) is 0 Å². The van der Waals surface area contributed by atoms with Crippen LogP contribution in [0, 0.1) is 11.3 Å². The number of thiazole rings is 1. The van der Waals surface area contributed by atoms with Crippen molar-refractivity contribution in [3.63, 3.8) is 0 Å². The van der Waals surface area contributed by atoms with E-state index < -0.39 is 11.7 Å². The Morgan fingerprint density at radius 1 is 1.17 bits per heavy atom. The van der Waals surface area contributed by atoms with Gasteiger partial charge in [-0.15, -0.1) is 11.3 Å². The van der Waals surface area contributed by atoms with E-state index in [1.165, 1.54) is 35.7 Å². The first kappa shape index (κ1) is 29.4. The van der Waals surface area contributed by atoms with E-state index in [9.17, 15) is 19.6 Å². The number of carbonyl (C=O) groups excluding carboxylic acids is 3. The van der Waals surface area contributed by atoms with Gasteiger partial charge in [-0.2, -0.15) is 5.26 Å². The molecule has 0 atom stereocenters. The topological polar surface area (TPSA) is 150 Å². The number of hydrogen-bond acceptors (Lipinski definition) is 9. The number of likely N-dealkylation sites (tertiary alicyclic amines) is 1. The number of amides is 2. The molecule has 0 unspecified atom stereocenters. The molecule has 1 aliphatic rings. The molecule has 1 aliphatic heterocycles. The van der Waals surface area contributed by atoms with Gasteiger partial charge in [-0.3, -0.25) is 17.9 Å². The smallest absolute Gasteiger partial charge is 0.295 e. The van der Waals surface area contributed by atoms with Crippen molar-refractivity contribution < 1.29 is 23.9 Å². The summed E-state index contributed by atoms with van der Waals surface area (Å²) in [5.74, 6) is -1.16. The van der Waals surface area contributed by atoms with E-state index in [-0.39, 0.29) is 24.7 Å². The quantitative estimate of drug-likeness (QED) is 0.0857. The molecular formula is C29H25IN6O5S. The lowest BCUT2D eigenvalue weighted by Gasteiger charge is -2.28. The Morgan fingerprint density at radius 3 is 2.62 bits per heavy atom. The summed E-state index contributed by atoms with van der Waals surface area (Å²) in [7, 11) is 1.47. The molecule has 13 heteroatoms. The number of halogens is 1. The predicted molar refractivity (Wildman–Crippen MR) is 165 cm³/mol. The summed E-state index contributed by atoms with van der Waals surface area (Å²) in [5, 5.41) is 10.8. The largest absolute Gasteiger partial charge is 0.494 e. The highest BCUT2D eigenvalue weighted by molar-refractivity contribution is 14.1. The second-order valence-corrected chi connectivity index (χ2v) is 11.0. The first-order chi connectivity index (χ1) is 20.4. The Kier molecular flexibility index (Phi) is 9.25. The molecule has 1 fully saturated rings. The minimum Gasteiger partial charge on any atom is -0.494 e. The van der Waals surface area contributed by atoms with Crippen molar-refractivity contribution >= 4 is 68.3 Å². The number of fused-ring (bicyclic) bond motifs is 1. The molecule has 214 valence electrons. The van der Waals surface area contributed by atoms with Crippen LogP contribution in [0.1, 0.15) is 33.6 Å². The summed E-state index contributed by atoms with van der Waals surface area (Å²) in [6.45, 7) is 0.817. The molecule has 2 amide bonds. The van der Waals surface area contributed by atoms with Crippen LogP contribution < -0.4 is 8.27 Å². The Bertz CT molecular complexity index is 1720. The van der Waals surface area contributed by atoms with E-state index in [0.29, 0.717) is 58.9 Å². The van der Waals surface area contributed by atoms with Crippen molar-refractivity contribution in [2.45, 2.75) is 19.4 Å². The third kappa shape index (κ3) is 6.06. The number of methoxy groups -OCH3 is 1. The van der Waals surface area contributed by atoms with Crippen LogP contribution in [0.15, 0.2) is 54.5 Å². The number of pyridine rings is 1. The maximum Gasteiger partial charge on any atom is 0.295 e. The molecule has 0 spiro atoms. The number of H-pyrrole nitrogens is 1. The summed E-state index contributed by atoms with van der Waals surface area (Å²) in [6.07, 6.45) is 5.67. The van der Waals surface area contributed by atoms with E-state index in [2.05, 4.69) is 24.6 Å². The summed E-state index contributed by atoms with van der Waals surface area (Å²) in [6, 6.07) is 11.8. The van der Waals surface area contributed by atoms with Gasteiger partial charge in [0.05, 0.1) is 75.8 Å². The fraction of sp³-hybridized carbons (Fsp3) is 0.241. The number of carbonyl (C=O) groups is 3. The van der Waals surface area contributed by atoms with Gasteiger partial charge in [0, 0.05) is 25.5 Å². The molecule has 0 saturated carbocycles. The van der Waals surface area contributed by atoms with E-state index in [4.69, 9.17) is 9.47 Å². The number of nitrogens with zero attached hydrogens (tertiary/aromatic N) is 4. The number of rotatable bonds is 9. The fourth-order valence-corrected chi connectivity index (χ4v) is 5.82. The molecule has 42 heavy (non-hydrogen) atoms. The average Bonchev–Trinajstić information content (AvgIpc) is 3.69. The number of hydrogen-bond donors (Lipinski definition) is 2. The van der Waals surface area contributed by atoms with E-state index >= 15 is 0 Å². The number of Topliss-reactive ketones (excluding diaryl/α,β-unsaturated/α-hetero) is 1. The minimum atomic E-state index is -0.658. The van der Waals surface area contributed by atoms with Crippen LogP contribution in [0.2, 0.25) is 0 Å². The second kappa shape index (κ2) is 13.2. The van der Waals surface area contributed by atoms with Gasteiger partial charge in [0.25, 0.3) is 17.6 Å². The van der Waals surface area contributed by atoms with E-state index in [0.717, 1.165) is 16.0 Å². The van der Waals surface area contributed by atoms with Gasteiger partial charge < -0.3 is 19.4 Å². The Morgan fingerprint density at radius 2 is 1.93 bits per heavy atom. The normalized spacial score (nSPS) is 13.1. The number of ether oxygens (including phenoxy) is 2. The molecule has 5 rings (SSSR count). The van der Waals surface area contributed by atoms with Crippen molar-refractivity contribution in [1.29, 1.82) is 5.26 Å². The number of nitriles is 1. The van der Waals surface area contributed by atoms with Gasteiger partial charge in [-0.05, 0) is 24.0 Å². The Hall–Kier alpha value is -4.13. The second-order valence-electron chi connectivity index (χ2n) is 9.35. The molecule has 0 radical (unpaired) electrons. The first-order valence-electron chi connectivity index (χ1n) is 12.9. The number of piperidine rings is 1. The predicted octanol–water partition coefficient (Wildman–Crippen LogP) is 4.46. The van der Waals surface area contributed by atoms with Crippen molar-refractivity contribution in [2.75, 3.05) is 26.8 Å². The van der Waals surface area contributed by atoms with Gasteiger partial charge in [0.15, 0.2) is 0 Å². The Labute approximate surface area is 259 Å². The standard InChI is InChI=1S/C29H25IN6O5S/c1-40-22-14-33-26(28-34-12-19(42-28)15-41-16-23(37)35-30)25-24(22)21(13-32-25)27(38)29(39)36-9-7-18(8-10-36)20(11-31)17-5-3-2-4-6-17/h2-6,12-14,32H,7-10,15-16H2,1H3,(H,35,37). The molecule has 1 aromatic carbocycles. The Balaban J connectivity index is 1.35. The zero-order chi connectivity index (χ0) is 29.6. The molecule has 4 aromatic rings. The van der Waals surface area contributed by atoms with Gasteiger partial charge >= 0.3 is 0 Å². The van der Waals surface area contributed by atoms with E-state index in [1.807, 2.05) is 30.3 Å². The third-order valence-corrected chi connectivity index (χ3v) is 8.43. The molecule has 4 heterocycles. The number of aromatic nitrogens is 3. The fourth-order valence-electron chi connectivity index (χ4n) is 4.81. The molecule has 2 N–H and O–H groups in total. The molecule has 3 aromatic heterocycles. The number of allylic oxidation sites excluding steroid dienone is 1. The lowest BCUT2D eigenvalue weighted by Crippen LogP contribution is -2.40. The minimum absolute atomic E-state index is 0.0710. The van der Waals surface area contributed by atoms with Gasteiger partial charge in [-0.25, -0.2) is 9.97 Å². The van der Waals surface area contributed by atoms with Crippen LogP contribution in [-0.4, -0.2) is 64.3 Å². The number of benzene rings is 1. The lowest BCUT2D eigenvalue weighted by molar-refractivity contribution is -0.127. The SMILES string of the molecule is COc1cnc(-c2ncc(COCC(=O)NI)s2)c2[nH]cc(C(=O)C(=O)N3CCC(=C(C#N)c4ccccc4)CC3)c12. The number of ketones is 1. The molecule has 1 saturated heterocycles. The summed E-state index contributed by atoms with van der Waals surface area (Å²) < 4.78 is 13.4. The van der Waals surface area contributed by atoms with Crippen LogP contribution >= 0.6 is 34.2 Å². The third-order valence-electron chi connectivity index (χ3n) is 6.85. The highest BCUT2D eigenvalue weighted by Crippen LogP contribution is 2.36. The van der Waals surface area contributed by atoms with Crippen LogP contribution in [-0.2, 0) is 20.9 Å². The zero-order valence-electron chi connectivity index (χ0n) is 22.5. The maximum absolute atomic E-state index is 13.5. The number of aromatic amines is 1. The highest BCUT2D eigenvalue weighted by Gasteiger charge is 2.30. The van der Waals surface area contributed by atoms with Crippen LogP contribution in [0.4, 0.5) is 0 Å². The zero-order valence-corrected chi connectivity index (χ0v) is 25.5. The summed E-state index contributed by atoms with van der Waals surface area (Å²) in [4.78, 5) is 52.6. The molecule has 0 bridgehead atoms. The van der Waals surface area contributed by atoms with Crippen LogP contribution in [0.25, 0.3) is 27.2 Å². The summed E-state index contributed by atoms with van der Waals surface area (Å²) >= 11 is 3.09. The lowest BCUT2D eigenvalue weighted by atomic mass is 9.93. The van der Waals surface area contributed by atoms with Gasteiger partial charge in [0.2, 0.25) is 0 Å². The maximum atomic E-state index is 13.5. The number of nitrogens with one attached hydrogen (secondary N) is 2. The molecular weight excluding hydrogens is 671 g/mol. The van der Waals surface area contributed by atoms with Gasteiger partial charge in [0.1, 0.15) is 23.1 Å². The van der Waals surface area contributed by atoms with Crippen molar-refractivity contribution in [3.8, 4) is 22.5 Å². The average molecular weight is 697 g/mol. The monoisotopic (exact) mass is 696 g/mol. The van der Waals surface area contributed by atoms with Crippen LogP contribution in [0.5, 0.6) is 5.75 Å². The van der Waals surface area contributed by atoms with E-state index in [1.54, 1.807) is 29.1 Å². The highest BCUT2D eigenvalue weighted by atomic mass is 127. The molecule has 0 aliphatic carbocycles. The van der Waals surface area contributed by atoms with Crippen LogP contribution in [0.3, 0.4) is 0 Å².